The first-order chi connectivity index (χ1) is 8.67. The number of thiazole rings is 1. The van der Waals surface area contributed by atoms with Crippen LogP contribution in [-0.4, -0.2) is 12.0 Å². The van der Waals surface area contributed by atoms with Gasteiger partial charge in [0.15, 0.2) is 0 Å². The Kier molecular flexibility index (Phi) is 4.28. The van der Waals surface area contributed by atoms with Crippen LogP contribution in [0.2, 0.25) is 0 Å². The molecule has 0 aliphatic heterocycles. The van der Waals surface area contributed by atoms with Crippen LogP contribution in [0.5, 0.6) is 5.75 Å². The third kappa shape index (κ3) is 3.51. The van der Waals surface area contributed by atoms with E-state index in [0.29, 0.717) is 18.9 Å². The first kappa shape index (κ1) is 13.0. The predicted octanol–water partition coefficient (Wildman–Crippen LogP) is 2.89. The van der Waals surface area contributed by atoms with E-state index in [0.717, 1.165) is 16.3 Å². The van der Waals surface area contributed by atoms with Crippen molar-refractivity contribution < 1.29 is 9.13 Å². The number of aryl methyl sites for hydroxylation is 1. The molecule has 1 N–H and O–H groups in total. The SMILES string of the molecule is CNCc1cc(F)cc(OCc2csc(C)n2)c1. The fraction of sp³-hybridized carbons (Fsp3) is 0.308. The zero-order chi connectivity index (χ0) is 13.0. The summed E-state index contributed by atoms with van der Waals surface area (Å²) in [6.45, 7) is 2.93. The lowest BCUT2D eigenvalue weighted by molar-refractivity contribution is 0.300. The number of nitrogens with one attached hydrogen (secondary N) is 1. The van der Waals surface area contributed by atoms with E-state index in [1.54, 1.807) is 11.3 Å². The molecule has 1 aromatic carbocycles. The molecule has 0 radical (unpaired) electrons. The maximum Gasteiger partial charge on any atom is 0.131 e. The van der Waals surface area contributed by atoms with E-state index in [2.05, 4.69) is 10.3 Å². The topological polar surface area (TPSA) is 34.1 Å². The molecule has 96 valence electrons. The minimum Gasteiger partial charge on any atom is -0.487 e. The van der Waals surface area contributed by atoms with Crippen LogP contribution < -0.4 is 10.1 Å². The van der Waals surface area contributed by atoms with E-state index in [9.17, 15) is 4.39 Å². The third-order valence-electron chi connectivity index (χ3n) is 2.37. The Balaban J connectivity index is 2.04. The molecule has 0 atom stereocenters. The third-order valence-corrected chi connectivity index (χ3v) is 3.19. The van der Waals surface area contributed by atoms with E-state index < -0.39 is 0 Å². The van der Waals surface area contributed by atoms with Crippen molar-refractivity contribution in [2.45, 2.75) is 20.1 Å². The van der Waals surface area contributed by atoms with Gasteiger partial charge >= 0.3 is 0 Å². The molecule has 0 aliphatic carbocycles. The predicted molar refractivity (Wildman–Crippen MR) is 70.3 cm³/mol. The Hall–Kier alpha value is -1.46. The fourth-order valence-electron chi connectivity index (χ4n) is 1.64. The monoisotopic (exact) mass is 266 g/mol. The van der Waals surface area contributed by atoms with Gasteiger partial charge in [-0.15, -0.1) is 11.3 Å². The molecule has 5 heteroatoms. The van der Waals surface area contributed by atoms with Crippen LogP contribution in [0, 0.1) is 12.7 Å². The highest BCUT2D eigenvalue weighted by Gasteiger charge is 2.03. The Morgan fingerprint density at radius 1 is 1.39 bits per heavy atom. The molecule has 0 saturated carbocycles. The fourth-order valence-corrected chi connectivity index (χ4v) is 2.24. The van der Waals surface area contributed by atoms with Gasteiger partial charge in [0.1, 0.15) is 18.2 Å². The lowest BCUT2D eigenvalue weighted by atomic mass is 10.2. The molecule has 0 spiro atoms. The van der Waals surface area contributed by atoms with Gasteiger partial charge in [0.2, 0.25) is 0 Å². The highest BCUT2D eigenvalue weighted by molar-refractivity contribution is 7.09. The van der Waals surface area contributed by atoms with Crippen molar-refractivity contribution >= 4 is 11.3 Å². The molecule has 0 fully saturated rings. The number of rotatable bonds is 5. The number of hydrogen-bond acceptors (Lipinski definition) is 4. The average molecular weight is 266 g/mol. The second kappa shape index (κ2) is 5.93. The molecule has 3 nitrogen and oxygen atoms in total. The van der Waals surface area contributed by atoms with Crippen molar-refractivity contribution in [3.8, 4) is 5.75 Å². The van der Waals surface area contributed by atoms with Crippen LogP contribution in [0.3, 0.4) is 0 Å². The van der Waals surface area contributed by atoms with Gasteiger partial charge in [-0.2, -0.15) is 0 Å². The van der Waals surface area contributed by atoms with Crippen LogP contribution in [0.4, 0.5) is 4.39 Å². The molecule has 18 heavy (non-hydrogen) atoms. The van der Waals surface area contributed by atoms with Crippen LogP contribution in [0.25, 0.3) is 0 Å². The van der Waals surface area contributed by atoms with Gasteiger partial charge in [0, 0.05) is 18.0 Å². The first-order valence-corrected chi connectivity index (χ1v) is 6.53. The van der Waals surface area contributed by atoms with E-state index in [4.69, 9.17) is 4.74 Å². The number of ether oxygens (including phenoxy) is 1. The smallest absolute Gasteiger partial charge is 0.131 e. The van der Waals surface area contributed by atoms with Crippen LogP contribution in [-0.2, 0) is 13.2 Å². The summed E-state index contributed by atoms with van der Waals surface area (Å²) in [5.74, 6) is 0.248. The Morgan fingerprint density at radius 2 is 2.22 bits per heavy atom. The van der Waals surface area contributed by atoms with E-state index in [1.165, 1.54) is 12.1 Å². The van der Waals surface area contributed by atoms with Gasteiger partial charge in [0.25, 0.3) is 0 Å². The van der Waals surface area contributed by atoms with Gasteiger partial charge in [-0.05, 0) is 31.7 Å². The molecule has 1 aromatic heterocycles. The minimum atomic E-state index is -0.285. The number of hydrogen-bond donors (Lipinski definition) is 1. The van der Waals surface area contributed by atoms with Crippen LogP contribution >= 0.6 is 11.3 Å². The standard InChI is InChI=1S/C13H15FN2OS/c1-9-16-12(8-18-9)7-17-13-4-10(6-15-2)3-11(14)5-13/h3-5,8,15H,6-7H2,1-2H3. The van der Waals surface area contributed by atoms with Crippen molar-refractivity contribution in [3.05, 3.63) is 45.7 Å². The van der Waals surface area contributed by atoms with Crippen molar-refractivity contribution in [2.75, 3.05) is 7.05 Å². The number of nitrogens with zero attached hydrogens (tertiary/aromatic N) is 1. The molecule has 0 saturated heterocycles. The normalized spacial score (nSPS) is 10.6. The van der Waals surface area contributed by atoms with Gasteiger partial charge in [-0.1, -0.05) is 0 Å². The summed E-state index contributed by atoms with van der Waals surface area (Å²) in [5.41, 5.74) is 1.74. The van der Waals surface area contributed by atoms with Crippen LogP contribution in [0.1, 0.15) is 16.3 Å². The Labute approximate surface area is 110 Å². The van der Waals surface area contributed by atoms with E-state index in [1.807, 2.05) is 25.4 Å². The van der Waals surface area contributed by atoms with Crippen LogP contribution in [0.15, 0.2) is 23.6 Å². The zero-order valence-corrected chi connectivity index (χ0v) is 11.2. The maximum atomic E-state index is 13.4. The molecule has 0 aliphatic rings. The lowest BCUT2D eigenvalue weighted by Gasteiger charge is -2.07. The summed E-state index contributed by atoms with van der Waals surface area (Å²) in [7, 11) is 1.82. The van der Waals surface area contributed by atoms with Gasteiger partial charge in [-0.25, -0.2) is 9.37 Å². The summed E-state index contributed by atoms with van der Waals surface area (Å²) >= 11 is 1.58. The summed E-state index contributed by atoms with van der Waals surface area (Å²) in [5, 5.41) is 5.93. The Morgan fingerprint density at radius 3 is 2.89 bits per heavy atom. The summed E-state index contributed by atoms with van der Waals surface area (Å²) in [6.07, 6.45) is 0. The van der Waals surface area contributed by atoms with Crippen molar-refractivity contribution in [1.29, 1.82) is 0 Å². The van der Waals surface area contributed by atoms with E-state index >= 15 is 0 Å². The number of aromatic nitrogens is 1. The van der Waals surface area contributed by atoms with Gasteiger partial charge in [-0.3, -0.25) is 0 Å². The first-order valence-electron chi connectivity index (χ1n) is 5.65. The summed E-state index contributed by atoms with van der Waals surface area (Å²) in [4.78, 5) is 4.29. The van der Waals surface area contributed by atoms with Crippen molar-refractivity contribution in [2.24, 2.45) is 0 Å². The molecular formula is C13H15FN2OS. The molecule has 1 heterocycles. The van der Waals surface area contributed by atoms with Crippen molar-refractivity contribution in [1.82, 2.24) is 10.3 Å². The van der Waals surface area contributed by atoms with Gasteiger partial charge in [0.05, 0.1) is 10.7 Å². The number of benzene rings is 1. The van der Waals surface area contributed by atoms with E-state index in [-0.39, 0.29) is 5.82 Å². The van der Waals surface area contributed by atoms with Crippen molar-refractivity contribution in [3.63, 3.8) is 0 Å². The lowest BCUT2D eigenvalue weighted by Crippen LogP contribution is -2.06. The maximum absolute atomic E-state index is 13.4. The molecular weight excluding hydrogens is 251 g/mol. The molecule has 2 aromatic rings. The molecule has 0 amide bonds. The van der Waals surface area contributed by atoms with Gasteiger partial charge < -0.3 is 10.1 Å². The average Bonchev–Trinajstić information content (AvgIpc) is 2.72. The zero-order valence-electron chi connectivity index (χ0n) is 10.4. The minimum absolute atomic E-state index is 0.285. The Bertz CT molecular complexity index is 527. The second-order valence-electron chi connectivity index (χ2n) is 3.97. The molecule has 2 rings (SSSR count). The highest BCUT2D eigenvalue weighted by Crippen LogP contribution is 2.18. The second-order valence-corrected chi connectivity index (χ2v) is 5.03. The molecule has 0 bridgehead atoms. The number of halogens is 1. The summed E-state index contributed by atoms with van der Waals surface area (Å²) in [6, 6.07) is 4.72. The molecule has 0 unspecified atom stereocenters. The largest absolute Gasteiger partial charge is 0.487 e. The highest BCUT2D eigenvalue weighted by atomic mass is 32.1. The quantitative estimate of drug-likeness (QED) is 0.903. The summed E-state index contributed by atoms with van der Waals surface area (Å²) < 4.78 is 18.9.